The first kappa shape index (κ1) is 10.2. The van der Waals surface area contributed by atoms with Gasteiger partial charge in [0, 0.05) is 0 Å². The van der Waals surface area contributed by atoms with E-state index in [9.17, 15) is 4.79 Å². The lowest BCUT2D eigenvalue weighted by molar-refractivity contribution is 0.249. The number of carbonyl (C=O) groups excluding carboxylic acids is 1. The van der Waals surface area contributed by atoms with E-state index in [4.69, 9.17) is 28.9 Å². The Morgan fingerprint density at radius 1 is 1.69 bits per heavy atom. The largest absolute Gasteiger partial charge is 0.350 e. The van der Waals surface area contributed by atoms with Crippen LogP contribution < -0.4 is 11.2 Å². The van der Waals surface area contributed by atoms with Gasteiger partial charge in [-0.15, -0.1) is 0 Å². The highest BCUT2D eigenvalue weighted by atomic mass is 35.5. The van der Waals surface area contributed by atoms with Crippen LogP contribution in [0.2, 0.25) is 9.62 Å². The van der Waals surface area contributed by atoms with Crippen LogP contribution >= 0.6 is 34.5 Å². The zero-order chi connectivity index (χ0) is 9.84. The summed E-state index contributed by atoms with van der Waals surface area (Å²) in [5.41, 5.74) is 6.78. The second-order valence-electron chi connectivity index (χ2n) is 1.86. The molecule has 0 aromatic carbocycles. The molecule has 5 nitrogen and oxygen atoms in total. The van der Waals surface area contributed by atoms with Crippen molar-refractivity contribution in [1.29, 1.82) is 0 Å². The Bertz CT molecular complexity index is 350. The molecule has 0 unspecified atom stereocenters. The molecule has 1 aromatic heterocycles. The molecule has 0 radical (unpaired) electrons. The normalized spacial score (nSPS) is 10.6. The third kappa shape index (κ3) is 3.17. The van der Waals surface area contributed by atoms with Crippen LogP contribution in [-0.4, -0.2) is 17.2 Å². The van der Waals surface area contributed by atoms with Crippen LogP contribution in [0, 0.1) is 0 Å². The van der Waals surface area contributed by atoms with E-state index in [1.807, 2.05) is 5.43 Å². The molecule has 0 aliphatic rings. The number of hydrazone groups is 1. The zero-order valence-electron chi connectivity index (χ0n) is 6.12. The standard InChI is InChI=1S/C5H4Cl2N4OS/c6-3-2(13-4(7)10-3)1-9-11-5(8)12/h1H,(H3,8,11,12). The number of hydrogen-bond donors (Lipinski definition) is 2. The van der Waals surface area contributed by atoms with E-state index in [2.05, 4.69) is 10.1 Å². The van der Waals surface area contributed by atoms with Gasteiger partial charge in [0.2, 0.25) is 0 Å². The summed E-state index contributed by atoms with van der Waals surface area (Å²) in [6.45, 7) is 0. The van der Waals surface area contributed by atoms with Crippen LogP contribution in [-0.2, 0) is 0 Å². The van der Waals surface area contributed by atoms with Gasteiger partial charge >= 0.3 is 6.03 Å². The summed E-state index contributed by atoms with van der Waals surface area (Å²) in [6.07, 6.45) is 1.32. The van der Waals surface area contributed by atoms with Gasteiger partial charge in [0.25, 0.3) is 0 Å². The number of halogens is 2. The number of nitrogens with two attached hydrogens (primary N) is 1. The Hall–Kier alpha value is -0.850. The summed E-state index contributed by atoms with van der Waals surface area (Å²) in [7, 11) is 0. The van der Waals surface area contributed by atoms with Gasteiger partial charge in [-0.2, -0.15) is 5.10 Å². The summed E-state index contributed by atoms with van der Waals surface area (Å²) in [4.78, 5) is 14.5. The number of nitrogens with zero attached hydrogens (tertiary/aromatic N) is 2. The van der Waals surface area contributed by atoms with E-state index < -0.39 is 6.03 Å². The molecule has 0 saturated carbocycles. The lowest BCUT2D eigenvalue weighted by atomic mass is 10.6. The van der Waals surface area contributed by atoms with Gasteiger partial charge < -0.3 is 5.73 Å². The zero-order valence-corrected chi connectivity index (χ0v) is 8.45. The Morgan fingerprint density at radius 3 is 2.85 bits per heavy atom. The van der Waals surface area contributed by atoms with E-state index in [1.165, 1.54) is 6.21 Å². The van der Waals surface area contributed by atoms with Crippen molar-refractivity contribution in [3.8, 4) is 0 Å². The molecule has 2 amide bonds. The molecule has 1 rings (SSSR count). The minimum absolute atomic E-state index is 0.241. The van der Waals surface area contributed by atoms with Gasteiger partial charge in [0.15, 0.2) is 9.62 Å². The molecule has 0 atom stereocenters. The van der Waals surface area contributed by atoms with Crippen LogP contribution in [0.1, 0.15) is 4.88 Å². The summed E-state index contributed by atoms with van der Waals surface area (Å²) in [5.74, 6) is 0. The smallest absolute Gasteiger partial charge is 0.332 e. The van der Waals surface area contributed by atoms with Crippen molar-refractivity contribution in [2.45, 2.75) is 0 Å². The molecular formula is C5H4Cl2N4OS. The lowest BCUT2D eigenvalue weighted by Gasteiger charge is -1.88. The molecule has 0 bridgehead atoms. The van der Waals surface area contributed by atoms with Crippen molar-refractivity contribution in [2.24, 2.45) is 10.8 Å². The number of hydrogen-bond acceptors (Lipinski definition) is 4. The molecule has 0 spiro atoms. The Morgan fingerprint density at radius 2 is 2.38 bits per heavy atom. The number of primary amides is 1. The van der Waals surface area contributed by atoms with Gasteiger partial charge in [-0.3, -0.25) is 0 Å². The molecule has 1 heterocycles. The van der Waals surface area contributed by atoms with Crippen molar-refractivity contribution >= 4 is 46.8 Å². The highest BCUT2D eigenvalue weighted by Crippen LogP contribution is 2.24. The van der Waals surface area contributed by atoms with Crippen molar-refractivity contribution < 1.29 is 4.79 Å². The molecule has 0 saturated heterocycles. The number of carbonyl (C=O) groups is 1. The minimum Gasteiger partial charge on any atom is -0.350 e. The minimum atomic E-state index is -0.747. The average Bonchev–Trinajstić information content (AvgIpc) is 2.29. The third-order valence-electron chi connectivity index (χ3n) is 0.940. The fourth-order valence-corrected chi connectivity index (χ4v) is 1.75. The number of rotatable bonds is 2. The second-order valence-corrected chi connectivity index (χ2v) is 3.83. The first-order valence-electron chi connectivity index (χ1n) is 3.00. The van der Waals surface area contributed by atoms with Crippen molar-refractivity contribution in [1.82, 2.24) is 10.4 Å². The molecule has 8 heteroatoms. The van der Waals surface area contributed by atoms with Crippen LogP contribution in [0.4, 0.5) is 4.79 Å². The average molecular weight is 239 g/mol. The monoisotopic (exact) mass is 238 g/mol. The van der Waals surface area contributed by atoms with Crippen molar-refractivity contribution in [3.05, 3.63) is 14.5 Å². The van der Waals surface area contributed by atoms with E-state index in [-0.39, 0.29) is 5.15 Å². The first-order valence-corrected chi connectivity index (χ1v) is 4.57. The first-order chi connectivity index (χ1) is 6.09. The number of nitrogens with one attached hydrogen (secondary N) is 1. The quantitative estimate of drug-likeness (QED) is 0.605. The molecule has 3 N–H and O–H groups in total. The molecule has 70 valence electrons. The van der Waals surface area contributed by atoms with Crippen LogP contribution in [0.3, 0.4) is 0 Å². The maximum absolute atomic E-state index is 10.2. The molecule has 13 heavy (non-hydrogen) atoms. The lowest BCUT2D eigenvalue weighted by Crippen LogP contribution is -2.24. The Labute approximate surface area is 87.5 Å². The SMILES string of the molecule is NC(=O)NN=Cc1sc(Cl)nc1Cl. The van der Waals surface area contributed by atoms with Crippen molar-refractivity contribution in [3.63, 3.8) is 0 Å². The highest BCUT2D eigenvalue weighted by molar-refractivity contribution is 7.17. The maximum atomic E-state index is 10.2. The van der Waals surface area contributed by atoms with Gasteiger partial charge in [0.1, 0.15) is 0 Å². The number of urea groups is 1. The van der Waals surface area contributed by atoms with E-state index in [0.717, 1.165) is 11.3 Å². The van der Waals surface area contributed by atoms with E-state index in [1.54, 1.807) is 0 Å². The third-order valence-corrected chi connectivity index (χ3v) is 2.43. The molecule has 0 aliphatic heterocycles. The molecule has 0 aliphatic carbocycles. The van der Waals surface area contributed by atoms with Crippen LogP contribution in [0.15, 0.2) is 5.10 Å². The van der Waals surface area contributed by atoms with Crippen LogP contribution in [0.25, 0.3) is 0 Å². The fourth-order valence-electron chi connectivity index (χ4n) is 0.522. The summed E-state index contributed by atoms with van der Waals surface area (Å²) in [5, 5.41) is 3.73. The van der Waals surface area contributed by atoms with Gasteiger partial charge in [0.05, 0.1) is 11.1 Å². The van der Waals surface area contributed by atoms with Gasteiger partial charge in [-0.1, -0.05) is 34.5 Å². The van der Waals surface area contributed by atoms with Crippen molar-refractivity contribution in [2.75, 3.05) is 0 Å². The number of aromatic nitrogens is 1. The topological polar surface area (TPSA) is 80.4 Å². The number of amides is 2. The van der Waals surface area contributed by atoms with E-state index in [0.29, 0.717) is 9.34 Å². The van der Waals surface area contributed by atoms with Gasteiger partial charge in [-0.25, -0.2) is 15.2 Å². The fraction of sp³-hybridized carbons (Fsp3) is 0. The predicted octanol–water partition coefficient (Wildman–Crippen LogP) is 1.45. The maximum Gasteiger partial charge on any atom is 0.332 e. The van der Waals surface area contributed by atoms with Gasteiger partial charge in [-0.05, 0) is 0 Å². The summed E-state index contributed by atoms with van der Waals surface area (Å²) < 4.78 is 0.311. The second kappa shape index (κ2) is 4.40. The number of thiazole rings is 1. The molecular weight excluding hydrogens is 235 g/mol. The predicted molar refractivity (Wildman–Crippen MR) is 52.4 cm³/mol. The summed E-state index contributed by atoms with van der Waals surface area (Å²) >= 11 is 12.3. The highest BCUT2D eigenvalue weighted by Gasteiger charge is 2.04. The van der Waals surface area contributed by atoms with Crippen LogP contribution in [0.5, 0.6) is 0 Å². The Balaban J connectivity index is 2.68. The van der Waals surface area contributed by atoms with E-state index >= 15 is 0 Å². The summed E-state index contributed by atoms with van der Waals surface area (Å²) in [6, 6.07) is -0.747. The Kier molecular flexibility index (Phi) is 3.47. The molecule has 0 fully saturated rings. The molecule has 1 aromatic rings.